The van der Waals surface area contributed by atoms with E-state index in [2.05, 4.69) is 88.0 Å². The zero-order valence-electron chi connectivity index (χ0n) is 14.4. The lowest BCUT2D eigenvalue weighted by molar-refractivity contribution is 0.501. The van der Waals surface area contributed by atoms with E-state index >= 15 is 0 Å². The van der Waals surface area contributed by atoms with Gasteiger partial charge < -0.3 is 4.90 Å². The Kier molecular flexibility index (Phi) is 3.76. The Balaban J connectivity index is 2.05. The molecule has 2 aromatic rings. The third-order valence-electron chi connectivity index (χ3n) is 5.27. The van der Waals surface area contributed by atoms with Gasteiger partial charge in [0.2, 0.25) is 0 Å². The van der Waals surface area contributed by atoms with Crippen LogP contribution in [0.5, 0.6) is 0 Å². The maximum absolute atomic E-state index is 2.66. The Morgan fingerprint density at radius 1 is 0.909 bits per heavy atom. The number of aryl methyl sites for hydroxylation is 2. The Hall–Kier alpha value is -1.76. The van der Waals surface area contributed by atoms with Crippen molar-refractivity contribution >= 4 is 5.69 Å². The minimum atomic E-state index is 0.177. The highest BCUT2D eigenvalue weighted by Gasteiger charge is 2.45. The van der Waals surface area contributed by atoms with Crippen LogP contribution in [0.15, 0.2) is 48.5 Å². The Labute approximate surface area is 135 Å². The van der Waals surface area contributed by atoms with Crippen LogP contribution in [0.2, 0.25) is 0 Å². The molecule has 2 unspecified atom stereocenters. The van der Waals surface area contributed by atoms with Gasteiger partial charge in [-0.05, 0) is 57.7 Å². The summed E-state index contributed by atoms with van der Waals surface area (Å²) in [5.41, 5.74) is 5.84. The molecule has 1 aliphatic heterocycles. The van der Waals surface area contributed by atoms with Gasteiger partial charge in [-0.15, -0.1) is 0 Å². The first kappa shape index (κ1) is 15.1. The first-order valence-electron chi connectivity index (χ1n) is 8.32. The van der Waals surface area contributed by atoms with Crippen molar-refractivity contribution in [1.29, 1.82) is 0 Å². The number of para-hydroxylation sites is 1. The average molecular weight is 293 g/mol. The molecule has 1 saturated heterocycles. The number of benzene rings is 2. The maximum atomic E-state index is 2.66. The second-order valence-electron chi connectivity index (χ2n) is 7.38. The van der Waals surface area contributed by atoms with E-state index in [-0.39, 0.29) is 5.54 Å². The summed E-state index contributed by atoms with van der Waals surface area (Å²) < 4.78 is 0. The average Bonchev–Trinajstić information content (AvgIpc) is 2.71. The van der Waals surface area contributed by atoms with Gasteiger partial charge in [0.15, 0.2) is 0 Å². The van der Waals surface area contributed by atoms with Gasteiger partial charge >= 0.3 is 0 Å². The summed E-state index contributed by atoms with van der Waals surface area (Å²) in [6, 6.07) is 18.2. The minimum Gasteiger partial charge on any atom is -0.363 e. The van der Waals surface area contributed by atoms with Crippen LogP contribution in [0.1, 0.15) is 49.8 Å². The maximum Gasteiger partial charge on any atom is 0.0432 e. The van der Waals surface area contributed by atoms with E-state index in [1.165, 1.54) is 28.8 Å². The fourth-order valence-electron chi connectivity index (χ4n) is 4.33. The summed E-state index contributed by atoms with van der Waals surface area (Å²) >= 11 is 0. The second kappa shape index (κ2) is 5.46. The van der Waals surface area contributed by atoms with Crippen LogP contribution in [0.4, 0.5) is 5.69 Å². The highest BCUT2D eigenvalue weighted by Crippen LogP contribution is 2.47. The van der Waals surface area contributed by atoms with Crippen LogP contribution in [0, 0.1) is 13.8 Å². The van der Waals surface area contributed by atoms with E-state index in [0.717, 1.165) is 0 Å². The lowest BCUT2D eigenvalue weighted by Crippen LogP contribution is -2.43. The molecule has 0 N–H and O–H groups in total. The molecule has 0 aliphatic carbocycles. The van der Waals surface area contributed by atoms with Crippen LogP contribution in [0.25, 0.3) is 0 Å². The highest BCUT2D eigenvalue weighted by atomic mass is 15.3. The van der Waals surface area contributed by atoms with Gasteiger partial charge in [-0.2, -0.15) is 0 Å². The van der Waals surface area contributed by atoms with Crippen LogP contribution in [-0.4, -0.2) is 11.6 Å². The molecule has 0 radical (unpaired) electrons. The van der Waals surface area contributed by atoms with Crippen molar-refractivity contribution in [2.24, 2.45) is 0 Å². The van der Waals surface area contributed by atoms with E-state index in [4.69, 9.17) is 0 Å². The molecular formula is C21H27N. The van der Waals surface area contributed by atoms with Gasteiger partial charge in [0.05, 0.1) is 0 Å². The van der Waals surface area contributed by atoms with Gasteiger partial charge in [0, 0.05) is 23.2 Å². The van der Waals surface area contributed by atoms with Crippen LogP contribution < -0.4 is 4.90 Å². The first-order chi connectivity index (χ1) is 10.4. The van der Waals surface area contributed by atoms with Crippen molar-refractivity contribution in [1.82, 2.24) is 0 Å². The van der Waals surface area contributed by atoms with Crippen LogP contribution >= 0.6 is 0 Å². The SMILES string of the molecule is Cc1cccc(C)c1N1C(C)C(c2ccccc2)CC1(C)C. The molecule has 0 aromatic heterocycles. The molecule has 0 bridgehead atoms. The zero-order chi connectivity index (χ0) is 15.9. The minimum absolute atomic E-state index is 0.177. The third-order valence-corrected chi connectivity index (χ3v) is 5.27. The number of hydrogen-bond donors (Lipinski definition) is 0. The Morgan fingerprint density at radius 3 is 2.09 bits per heavy atom. The summed E-state index contributed by atoms with van der Waals surface area (Å²) in [4.78, 5) is 2.66. The lowest BCUT2D eigenvalue weighted by Gasteiger charge is -2.39. The number of nitrogens with zero attached hydrogens (tertiary/aromatic N) is 1. The van der Waals surface area contributed by atoms with E-state index in [1.54, 1.807) is 0 Å². The van der Waals surface area contributed by atoms with Gasteiger partial charge in [0.1, 0.15) is 0 Å². The molecule has 3 rings (SSSR count). The smallest absolute Gasteiger partial charge is 0.0432 e. The predicted octanol–water partition coefficient (Wildman–Crippen LogP) is 5.46. The van der Waals surface area contributed by atoms with Crippen molar-refractivity contribution in [2.45, 2.75) is 58.5 Å². The number of rotatable bonds is 2. The molecule has 1 fully saturated rings. The van der Waals surface area contributed by atoms with Crippen molar-refractivity contribution < 1.29 is 0 Å². The summed E-state index contributed by atoms with van der Waals surface area (Å²) in [6.45, 7) is 11.6. The molecule has 1 heterocycles. The first-order valence-corrected chi connectivity index (χ1v) is 8.32. The van der Waals surface area contributed by atoms with Crippen LogP contribution in [-0.2, 0) is 0 Å². The predicted molar refractivity (Wildman–Crippen MR) is 95.7 cm³/mol. The molecule has 0 spiro atoms. The summed E-state index contributed by atoms with van der Waals surface area (Å²) in [7, 11) is 0. The van der Waals surface area contributed by atoms with Crippen molar-refractivity contribution in [3.05, 3.63) is 65.2 Å². The molecule has 1 aliphatic rings. The van der Waals surface area contributed by atoms with Gasteiger partial charge in [-0.1, -0.05) is 48.5 Å². The Morgan fingerprint density at radius 2 is 1.50 bits per heavy atom. The highest BCUT2D eigenvalue weighted by molar-refractivity contribution is 5.63. The fraction of sp³-hybridized carbons (Fsp3) is 0.429. The van der Waals surface area contributed by atoms with Gasteiger partial charge in [0.25, 0.3) is 0 Å². The zero-order valence-corrected chi connectivity index (χ0v) is 14.4. The molecule has 2 aromatic carbocycles. The molecular weight excluding hydrogens is 266 g/mol. The summed E-state index contributed by atoms with van der Waals surface area (Å²) in [6.07, 6.45) is 1.20. The molecule has 1 heteroatoms. The molecule has 0 amide bonds. The van der Waals surface area contributed by atoms with Crippen molar-refractivity contribution in [2.75, 3.05) is 4.90 Å². The lowest BCUT2D eigenvalue weighted by atomic mass is 9.88. The van der Waals surface area contributed by atoms with Crippen LogP contribution in [0.3, 0.4) is 0 Å². The van der Waals surface area contributed by atoms with E-state index in [1.807, 2.05) is 0 Å². The van der Waals surface area contributed by atoms with Gasteiger partial charge in [-0.25, -0.2) is 0 Å². The molecule has 0 saturated carbocycles. The molecule has 116 valence electrons. The monoisotopic (exact) mass is 293 g/mol. The topological polar surface area (TPSA) is 3.24 Å². The van der Waals surface area contributed by atoms with Crippen molar-refractivity contribution in [3.8, 4) is 0 Å². The molecule has 22 heavy (non-hydrogen) atoms. The number of hydrogen-bond acceptors (Lipinski definition) is 1. The van der Waals surface area contributed by atoms with E-state index in [9.17, 15) is 0 Å². The quantitative estimate of drug-likeness (QED) is 0.710. The standard InChI is InChI=1S/C21H27N/c1-15-10-9-11-16(2)20(15)22-17(3)19(14-21(22,4)5)18-12-7-6-8-13-18/h6-13,17,19H,14H2,1-5H3. The Bertz CT molecular complexity index is 637. The third kappa shape index (κ3) is 2.43. The fourth-order valence-corrected chi connectivity index (χ4v) is 4.33. The molecule has 1 nitrogen and oxygen atoms in total. The van der Waals surface area contributed by atoms with Crippen molar-refractivity contribution in [3.63, 3.8) is 0 Å². The number of anilines is 1. The summed E-state index contributed by atoms with van der Waals surface area (Å²) in [5.74, 6) is 0.593. The normalized spacial score (nSPS) is 23.8. The summed E-state index contributed by atoms with van der Waals surface area (Å²) in [5, 5.41) is 0. The largest absolute Gasteiger partial charge is 0.363 e. The van der Waals surface area contributed by atoms with Gasteiger partial charge in [-0.3, -0.25) is 0 Å². The molecule has 2 atom stereocenters. The van der Waals surface area contributed by atoms with E-state index < -0.39 is 0 Å². The second-order valence-corrected chi connectivity index (χ2v) is 7.38. The van der Waals surface area contributed by atoms with E-state index in [0.29, 0.717) is 12.0 Å².